The Morgan fingerprint density at radius 1 is 0.514 bits per heavy atom. The summed E-state index contributed by atoms with van der Waals surface area (Å²) < 4.78 is 0. The third-order valence-electron chi connectivity index (χ3n) is 11.3. The number of primary amides is 1. The van der Waals surface area contributed by atoms with Crippen molar-refractivity contribution in [2.24, 2.45) is 29.2 Å². The molecule has 0 aliphatic heterocycles. The number of amides is 9. The van der Waals surface area contributed by atoms with Gasteiger partial charge in [-0.05, 0) is 61.0 Å². The third kappa shape index (κ3) is 23.6. The maximum atomic E-state index is 14.1. The van der Waals surface area contributed by atoms with E-state index in [4.69, 9.17) is 11.5 Å². The van der Waals surface area contributed by atoms with Gasteiger partial charge in [0, 0.05) is 25.0 Å². The van der Waals surface area contributed by atoms with Gasteiger partial charge in [0.15, 0.2) is 0 Å². The predicted molar refractivity (Wildman–Crippen MR) is 275 cm³/mol. The second-order valence-corrected chi connectivity index (χ2v) is 19.4. The lowest BCUT2D eigenvalue weighted by molar-refractivity contribution is -0.144. The molecule has 2 aromatic carbocycles. The first-order valence-corrected chi connectivity index (χ1v) is 25.0. The summed E-state index contributed by atoms with van der Waals surface area (Å²) in [6.07, 6.45) is -1.39. The number of nitrogens with two attached hydrogens (primary N) is 2. The lowest BCUT2D eigenvalue weighted by Gasteiger charge is -2.27. The van der Waals surface area contributed by atoms with Crippen LogP contribution in [0.15, 0.2) is 60.7 Å². The number of carboxylic acids is 2. The number of nitrogens with one attached hydrogen (secondary N) is 8. The Balaban J connectivity index is 2.26. The van der Waals surface area contributed by atoms with Crippen LogP contribution >= 0.6 is 12.6 Å². The van der Waals surface area contributed by atoms with Crippen LogP contribution < -0.4 is 54.0 Å². The number of thiol groups is 1. The lowest BCUT2D eigenvalue weighted by Crippen LogP contribution is -2.60. The van der Waals surface area contributed by atoms with Crippen molar-refractivity contribution in [3.63, 3.8) is 0 Å². The van der Waals surface area contributed by atoms with E-state index in [9.17, 15) is 63.0 Å². The minimum Gasteiger partial charge on any atom is -0.481 e. The lowest BCUT2D eigenvalue weighted by atomic mass is 10.00. The molecule has 0 saturated heterocycles. The minimum atomic E-state index is -1.51. The van der Waals surface area contributed by atoms with Crippen molar-refractivity contribution in [3.05, 3.63) is 71.8 Å². The van der Waals surface area contributed by atoms with E-state index < -0.39 is 145 Å². The second kappa shape index (κ2) is 32.2. The average Bonchev–Trinajstić information content (AvgIpc) is 3.33. The van der Waals surface area contributed by atoms with Crippen LogP contribution in [0.5, 0.6) is 0 Å². The molecule has 0 bridgehead atoms. The molecule has 14 N–H and O–H groups in total. The highest BCUT2D eigenvalue weighted by Crippen LogP contribution is 2.12. The first-order chi connectivity index (χ1) is 34.8. The molecule has 0 heterocycles. The van der Waals surface area contributed by atoms with Crippen LogP contribution in [0.2, 0.25) is 0 Å². The van der Waals surface area contributed by atoms with Gasteiger partial charge in [-0.25, -0.2) is 4.79 Å². The average molecular weight is 1060 g/mol. The van der Waals surface area contributed by atoms with E-state index in [0.29, 0.717) is 5.56 Å². The van der Waals surface area contributed by atoms with Gasteiger partial charge in [0.05, 0.1) is 12.6 Å². The first-order valence-electron chi connectivity index (χ1n) is 24.4. The Hall–Kier alpha value is -7.08. The largest absolute Gasteiger partial charge is 0.481 e. The van der Waals surface area contributed by atoms with E-state index in [1.807, 2.05) is 44.2 Å². The highest BCUT2D eigenvalue weighted by atomic mass is 32.1. The molecule has 2 aromatic rings. The van der Waals surface area contributed by atoms with Gasteiger partial charge in [-0.1, -0.05) is 102 Å². The number of aliphatic carboxylic acids is 2. The van der Waals surface area contributed by atoms with E-state index in [2.05, 4.69) is 55.2 Å². The second-order valence-electron chi connectivity index (χ2n) is 19.1. The Kier molecular flexibility index (Phi) is 27.4. The van der Waals surface area contributed by atoms with Crippen LogP contribution in [0, 0.1) is 17.8 Å². The molecule has 23 nitrogen and oxygen atoms in total. The van der Waals surface area contributed by atoms with E-state index >= 15 is 0 Å². The van der Waals surface area contributed by atoms with Gasteiger partial charge in [0.2, 0.25) is 53.2 Å². The normalized spacial score (nSPS) is 14.4. The summed E-state index contributed by atoms with van der Waals surface area (Å²) in [6.45, 7) is 9.46. The monoisotopic (exact) mass is 1050 g/mol. The molecule has 8 atom stereocenters. The summed E-state index contributed by atoms with van der Waals surface area (Å²) in [7, 11) is 0. The van der Waals surface area contributed by atoms with Gasteiger partial charge >= 0.3 is 11.9 Å². The number of hydrogen-bond acceptors (Lipinski definition) is 13. The van der Waals surface area contributed by atoms with Crippen molar-refractivity contribution in [3.8, 4) is 0 Å². The quantitative estimate of drug-likeness (QED) is 0.0390. The summed E-state index contributed by atoms with van der Waals surface area (Å²) in [5, 5.41) is 38.8. The third-order valence-corrected chi connectivity index (χ3v) is 11.7. The molecule has 0 aliphatic rings. The minimum absolute atomic E-state index is 0.00549. The number of hydrogen-bond donors (Lipinski definition) is 13. The molecule has 0 saturated carbocycles. The Bertz CT molecular complexity index is 2240. The van der Waals surface area contributed by atoms with Gasteiger partial charge in [-0.2, -0.15) is 12.6 Å². The van der Waals surface area contributed by atoms with Gasteiger partial charge < -0.3 is 64.2 Å². The number of benzene rings is 2. The number of carbonyl (C=O) groups excluding carboxylic acids is 9. The summed E-state index contributed by atoms with van der Waals surface area (Å²) in [5.74, 6) is -11.5. The fourth-order valence-electron chi connectivity index (χ4n) is 7.38. The molecule has 2 rings (SSSR count). The number of carbonyl (C=O) groups is 11. The maximum absolute atomic E-state index is 14.1. The zero-order valence-electron chi connectivity index (χ0n) is 42.7. The summed E-state index contributed by atoms with van der Waals surface area (Å²) in [6, 6.07) is 7.21. The fourth-order valence-corrected chi connectivity index (χ4v) is 7.64. The van der Waals surface area contributed by atoms with Gasteiger partial charge in [-0.3, -0.25) is 47.9 Å². The maximum Gasteiger partial charge on any atom is 0.326 e. The molecule has 0 fully saturated rings. The van der Waals surface area contributed by atoms with Crippen molar-refractivity contribution >= 4 is 77.7 Å². The van der Waals surface area contributed by atoms with Crippen molar-refractivity contribution in [2.75, 3.05) is 12.3 Å². The van der Waals surface area contributed by atoms with Gasteiger partial charge in [0.25, 0.3) is 0 Å². The van der Waals surface area contributed by atoms with E-state index in [0.717, 1.165) is 5.56 Å². The number of rotatable bonds is 33. The van der Waals surface area contributed by atoms with Crippen molar-refractivity contribution in [2.45, 2.75) is 141 Å². The molecule has 408 valence electrons. The molecule has 24 heteroatoms. The number of carboxylic acid groups (broad SMARTS) is 2. The van der Waals surface area contributed by atoms with E-state index in [-0.39, 0.29) is 49.7 Å². The Labute approximate surface area is 436 Å². The topological polar surface area (TPSA) is 377 Å². The molecule has 0 aromatic heterocycles. The Morgan fingerprint density at radius 3 is 1.41 bits per heavy atom. The van der Waals surface area contributed by atoms with Crippen LogP contribution in [-0.4, -0.2) is 136 Å². The van der Waals surface area contributed by atoms with Crippen LogP contribution in [0.25, 0.3) is 0 Å². The zero-order valence-corrected chi connectivity index (χ0v) is 43.6. The van der Waals surface area contributed by atoms with Crippen molar-refractivity contribution in [1.82, 2.24) is 42.5 Å². The van der Waals surface area contributed by atoms with Crippen molar-refractivity contribution in [1.29, 1.82) is 0 Å². The summed E-state index contributed by atoms with van der Waals surface area (Å²) in [4.78, 5) is 144. The zero-order chi connectivity index (χ0) is 55.7. The fraction of sp³-hybridized carbons (Fsp3) is 0.540. The predicted octanol–water partition coefficient (Wildman–Crippen LogP) is -0.798. The summed E-state index contributed by atoms with van der Waals surface area (Å²) >= 11 is 4.26. The highest BCUT2D eigenvalue weighted by Gasteiger charge is 2.34. The Morgan fingerprint density at radius 2 is 0.932 bits per heavy atom. The molecular weight excluding hydrogens is 981 g/mol. The van der Waals surface area contributed by atoms with E-state index in [1.54, 1.807) is 58.0 Å². The van der Waals surface area contributed by atoms with Gasteiger partial charge in [0.1, 0.15) is 42.3 Å². The molecule has 9 amide bonds. The van der Waals surface area contributed by atoms with Crippen molar-refractivity contribution < 1.29 is 63.0 Å². The highest BCUT2D eigenvalue weighted by molar-refractivity contribution is 7.80. The van der Waals surface area contributed by atoms with E-state index in [1.165, 1.54) is 0 Å². The first kappa shape index (κ1) is 63.0. The molecule has 0 unspecified atom stereocenters. The van der Waals surface area contributed by atoms with Crippen LogP contribution in [-0.2, 0) is 65.6 Å². The van der Waals surface area contributed by atoms with Gasteiger partial charge in [-0.15, -0.1) is 0 Å². The standard InChI is InChI=1S/C50H74N10O13S/c1-27(2)21-35(46(68)56-34(18-20-41(63)64)45(67)60-42(29(5)6)50(72)73)54-40(62)25-53-44(66)33(17-19-39(52)61)55-49(71)38(26-74)59-48(70)37(24-31-15-11-8-12-16-31)58-47(69)36(22-28(3)4)57-43(65)32(51)23-30-13-9-7-10-14-30/h7-16,27-29,32-38,42,74H,17-26,51H2,1-6H3,(H2,52,61)(H,53,66)(H,54,62)(H,55,71)(H,56,68)(H,57,65)(H,58,69)(H,59,70)(H,60,67)(H,63,64)(H,72,73)/t32-,33-,34-,35-,36-,37-,38-,42-/m0/s1. The SMILES string of the molecule is CC(C)C[C@H](NC(=O)CNC(=O)[C@H](CCC(N)=O)NC(=O)[C@H](CS)NC(=O)[C@H](Cc1ccccc1)NC(=O)[C@H](CC(C)C)NC(=O)[C@@H](N)Cc1ccccc1)C(=O)N[C@@H](CCC(=O)O)C(=O)N[C@H](C(=O)O)C(C)C. The molecule has 0 aliphatic carbocycles. The molecule has 74 heavy (non-hydrogen) atoms. The van der Waals surface area contributed by atoms with Crippen LogP contribution in [0.4, 0.5) is 0 Å². The molecule has 0 spiro atoms. The molecule has 0 radical (unpaired) electrons. The summed E-state index contributed by atoms with van der Waals surface area (Å²) in [5.41, 5.74) is 13.0. The van der Waals surface area contributed by atoms with Crippen LogP contribution in [0.1, 0.15) is 91.2 Å². The van der Waals surface area contributed by atoms with Crippen LogP contribution in [0.3, 0.4) is 0 Å². The smallest absolute Gasteiger partial charge is 0.326 e. The molecular formula is C50H74N10O13S.